The fourth-order valence-electron chi connectivity index (χ4n) is 3.46. The second-order valence-electron chi connectivity index (χ2n) is 6.71. The minimum absolute atomic E-state index is 0.274. The zero-order valence-corrected chi connectivity index (χ0v) is 16.4. The van der Waals surface area contributed by atoms with Crippen LogP contribution in [-0.2, 0) is 4.79 Å². The van der Waals surface area contributed by atoms with Crippen molar-refractivity contribution in [3.05, 3.63) is 75.5 Å². The molecular formula is C21H16BrFN2O3. The summed E-state index contributed by atoms with van der Waals surface area (Å²) in [6.45, 7) is 0.598. The van der Waals surface area contributed by atoms with E-state index in [0.717, 1.165) is 16.0 Å². The van der Waals surface area contributed by atoms with Crippen LogP contribution >= 0.6 is 15.9 Å². The Balaban J connectivity index is 1.43. The van der Waals surface area contributed by atoms with Gasteiger partial charge in [0.15, 0.2) is 0 Å². The predicted molar refractivity (Wildman–Crippen MR) is 105 cm³/mol. The number of carbonyl (C=O) groups excluding carboxylic acids is 3. The van der Waals surface area contributed by atoms with Gasteiger partial charge in [-0.15, -0.1) is 0 Å². The fourth-order valence-corrected chi connectivity index (χ4v) is 3.82. The summed E-state index contributed by atoms with van der Waals surface area (Å²) in [4.78, 5) is 40.2. The quantitative estimate of drug-likeness (QED) is 0.683. The van der Waals surface area contributed by atoms with Gasteiger partial charge in [0.25, 0.3) is 11.8 Å². The Kier molecular flexibility index (Phi) is 4.85. The Morgan fingerprint density at radius 2 is 1.75 bits per heavy atom. The first kappa shape index (κ1) is 18.6. The van der Waals surface area contributed by atoms with Gasteiger partial charge in [-0.1, -0.05) is 34.1 Å². The zero-order chi connectivity index (χ0) is 19.8. The van der Waals surface area contributed by atoms with Gasteiger partial charge in [0.05, 0.1) is 11.1 Å². The van der Waals surface area contributed by atoms with Gasteiger partial charge in [0.1, 0.15) is 12.4 Å². The van der Waals surface area contributed by atoms with E-state index in [1.165, 1.54) is 12.1 Å². The number of halogens is 2. The summed E-state index contributed by atoms with van der Waals surface area (Å²) in [6, 6.07) is 11.1. The van der Waals surface area contributed by atoms with E-state index in [2.05, 4.69) is 15.9 Å². The third-order valence-corrected chi connectivity index (χ3v) is 5.50. The number of nitrogens with zero attached hydrogens (tertiary/aromatic N) is 2. The second-order valence-corrected chi connectivity index (χ2v) is 7.63. The predicted octanol–water partition coefficient (Wildman–Crippen LogP) is 3.50. The van der Waals surface area contributed by atoms with Gasteiger partial charge in [-0.05, 0) is 47.9 Å². The van der Waals surface area contributed by atoms with E-state index in [0.29, 0.717) is 35.1 Å². The molecule has 3 amide bonds. The van der Waals surface area contributed by atoms with E-state index in [4.69, 9.17) is 0 Å². The van der Waals surface area contributed by atoms with Crippen molar-refractivity contribution in [3.8, 4) is 0 Å². The molecular weight excluding hydrogens is 427 g/mol. The molecule has 0 atom stereocenters. The topological polar surface area (TPSA) is 57.7 Å². The maximum Gasteiger partial charge on any atom is 0.262 e. The molecule has 0 N–H and O–H groups in total. The van der Waals surface area contributed by atoms with Crippen LogP contribution in [0.2, 0.25) is 0 Å². The van der Waals surface area contributed by atoms with Crippen molar-refractivity contribution in [1.82, 2.24) is 9.80 Å². The molecule has 0 unspecified atom stereocenters. The molecule has 0 spiro atoms. The lowest BCUT2D eigenvalue weighted by molar-refractivity contribution is -0.131. The minimum atomic E-state index is -0.450. The number of benzene rings is 2. The summed E-state index contributed by atoms with van der Waals surface area (Å²) in [5, 5.41) is 0. The third-order valence-electron chi connectivity index (χ3n) is 5.00. The smallest absolute Gasteiger partial charge is 0.262 e. The van der Waals surface area contributed by atoms with Crippen molar-refractivity contribution in [1.29, 1.82) is 0 Å². The molecule has 0 saturated heterocycles. The molecule has 0 radical (unpaired) electrons. The second kappa shape index (κ2) is 7.31. The van der Waals surface area contributed by atoms with Crippen LogP contribution < -0.4 is 0 Å². The molecule has 0 aliphatic carbocycles. The van der Waals surface area contributed by atoms with Gasteiger partial charge in [-0.25, -0.2) is 4.39 Å². The summed E-state index contributed by atoms with van der Waals surface area (Å²) in [5.74, 6) is -1.46. The molecule has 0 fully saturated rings. The molecule has 5 nitrogen and oxygen atoms in total. The van der Waals surface area contributed by atoms with Crippen LogP contribution in [0, 0.1) is 5.82 Å². The van der Waals surface area contributed by atoms with Crippen molar-refractivity contribution >= 4 is 39.2 Å². The number of fused-ring (bicyclic) bond motifs is 1. The Labute approximate surface area is 169 Å². The lowest BCUT2D eigenvalue weighted by atomic mass is 9.99. The molecule has 2 aliphatic heterocycles. The van der Waals surface area contributed by atoms with Crippen molar-refractivity contribution in [2.24, 2.45) is 0 Å². The highest BCUT2D eigenvalue weighted by molar-refractivity contribution is 9.10. The molecule has 2 aromatic rings. The van der Waals surface area contributed by atoms with Crippen molar-refractivity contribution < 1.29 is 18.8 Å². The molecule has 2 aliphatic rings. The molecule has 0 aromatic heterocycles. The van der Waals surface area contributed by atoms with E-state index >= 15 is 0 Å². The fraction of sp³-hybridized carbons (Fsp3) is 0.190. The molecule has 28 heavy (non-hydrogen) atoms. The Morgan fingerprint density at radius 3 is 2.43 bits per heavy atom. The standard InChI is InChI=1S/C21H16BrFN2O3/c22-15-3-6-17-18(11-15)21(28)25(20(17)27)12-19(26)24-9-7-14(8-10-24)13-1-4-16(23)5-2-13/h1-7,11H,8-10,12H2. The van der Waals surface area contributed by atoms with E-state index in [-0.39, 0.29) is 18.3 Å². The van der Waals surface area contributed by atoms with Crippen molar-refractivity contribution in [2.75, 3.05) is 19.6 Å². The van der Waals surface area contributed by atoms with E-state index in [1.807, 2.05) is 6.08 Å². The number of imide groups is 1. The normalized spacial score (nSPS) is 16.3. The molecule has 2 heterocycles. The van der Waals surface area contributed by atoms with Crippen LogP contribution in [0.4, 0.5) is 4.39 Å². The van der Waals surface area contributed by atoms with Gasteiger partial charge in [-0.3, -0.25) is 19.3 Å². The van der Waals surface area contributed by atoms with Crippen LogP contribution in [0.15, 0.2) is 53.0 Å². The summed E-state index contributed by atoms with van der Waals surface area (Å²) in [7, 11) is 0. The number of carbonyl (C=O) groups is 3. The lowest BCUT2D eigenvalue weighted by Gasteiger charge is -2.28. The minimum Gasteiger partial charge on any atom is -0.337 e. The summed E-state index contributed by atoms with van der Waals surface area (Å²) in [5.41, 5.74) is 2.61. The maximum atomic E-state index is 13.1. The Bertz CT molecular complexity index is 1020. The molecule has 0 saturated carbocycles. The van der Waals surface area contributed by atoms with E-state index in [9.17, 15) is 18.8 Å². The highest BCUT2D eigenvalue weighted by atomic mass is 79.9. The lowest BCUT2D eigenvalue weighted by Crippen LogP contribution is -2.44. The average molecular weight is 443 g/mol. The summed E-state index contributed by atoms with van der Waals surface area (Å²) in [6.07, 6.45) is 2.56. The van der Waals surface area contributed by atoms with Gasteiger partial charge in [0.2, 0.25) is 5.91 Å². The molecule has 7 heteroatoms. The molecule has 142 valence electrons. The van der Waals surface area contributed by atoms with Crippen LogP contribution in [0.5, 0.6) is 0 Å². The van der Waals surface area contributed by atoms with Crippen molar-refractivity contribution in [3.63, 3.8) is 0 Å². The monoisotopic (exact) mass is 442 g/mol. The highest BCUT2D eigenvalue weighted by Gasteiger charge is 2.37. The van der Waals surface area contributed by atoms with Crippen LogP contribution in [0.1, 0.15) is 32.7 Å². The number of amides is 3. The largest absolute Gasteiger partial charge is 0.337 e. The number of hydrogen-bond donors (Lipinski definition) is 0. The Hall–Kier alpha value is -2.80. The average Bonchev–Trinajstić information content (AvgIpc) is 2.93. The summed E-state index contributed by atoms with van der Waals surface area (Å²) >= 11 is 3.29. The van der Waals surface area contributed by atoms with Crippen molar-refractivity contribution in [2.45, 2.75) is 6.42 Å². The third kappa shape index (κ3) is 3.38. The van der Waals surface area contributed by atoms with Crippen LogP contribution in [0.3, 0.4) is 0 Å². The molecule has 0 bridgehead atoms. The highest BCUT2D eigenvalue weighted by Crippen LogP contribution is 2.27. The Morgan fingerprint density at radius 1 is 1.04 bits per heavy atom. The molecule has 2 aromatic carbocycles. The summed E-state index contributed by atoms with van der Waals surface area (Å²) < 4.78 is 13.8. The first-order chi connectivity index (χ1) is 13.4. The van der Waals surface area contributed by atoms with E-state index in [1.54, 1.807) is 35.2 Å². The van der Waals surface area contributed by atoms with Gasteiger partial charge in [-0.2, -0.15) is 0 Å². The number of hydrogen-bond acceptors (Lipinski definition) is 3. The number of rotatable bonds is 3. The van der Waals surface area contributed by atoms with Gasteiger partial charge >= 0.3 is 0 Å². The van der Waals surface area contributed by atoms with Gasteiger partial charge < -0.3 is 4.90 Å². The first-order valence-electron chi connectivity index (χ1n) is 8.82. The SMILES string of the molecule is O=C(CN1C(=O)c2ccc(Br)cc2C1=O)N1CC=C(c2ccc(F)cc2)CC1. The maximum absolute atomic E-state index is 13.1. The zero-order valence-electron chi connectivity index (χ0n) is 14.8. The van der Waals surface area contributed by atoms with Crippen LogP contribution in [-0.4, -0.2) is 47.2 Å². The van der Waals surface area contributed by atoms with Gasteiger partial charge in [0, 0.05) is 17.6 Å². The van der Waals surface area contributed by atoms with E-state index < -0.39 is 11.8 Å². The molecule has 4 rings (SSSR count). The first-order valence-corrected chi connectivity index (χ1v) is 9.62. The van der Waals surface area contributed by atoms with Crippen LogP contribution in [0.25, 0.3) is 5.57 Å².